The highest BCUT2D eigenvalue weighted by atomic mass is 19.1. The first kappa shape index (κ1) is 15.4. The number of aromatic nitrogens is 1. The Hall–Kier alpha value is -1.94. The smallest absolute Gasteiger partial charge is 0.219 e. The summed E-state index contributed by atoms with van der Waals surface area (Å²) in [5.74, 6) is 0.250. The van der Waals surface area contributed by atoms with E-state index in [1.54, 1.807) is 37.4 Å². The molecule has 1 heterocycles. The van der Waals surface area contributed by atoms with Crippen LogP contribution >= 0.6 is 0 Å². The summed E-state index contributed by atoms with van der Waals surface area (Å²) in [6.07, 6.45) is 2.85. The van der Waals surface area contributed by atoms with Crippen LogP contribution in [-0.4, -0.2) is 11.5 Å². The first-order chi connectivity index (χ1) is 10.1. The normalized spacial score (nSPS) is 12.2. The molecule has 0 aliphatic heterocycles. The molecule has 0 saturated heterocycles. The van der Waals surface area contributed by atoms with Gasteiger partial charge < -0.3 is 10.1 Å². The first-order valence-electron chi connectivity index (χ1n) is 7.24. The number of pyridine rings is 1. The third-order valence-electron chi connectivity index (χ3n) is 3.33. The number of aryl methyl sites for hydroxylation is 1. The molecule has 1 unspecified atom stereocenters. The minimum Gasteiger partial charge on any atom is -0.436 e. The van der Waals surface area contributed by atoms with Gasteiger partial charge in [-0.1, -0.05) is 25.1 Å². The van der Waals surface area contributed by atoms with Gasteiger partial charge in [0.05, 0.1) is 0 Å². The largest absolute Gasteiger partial charge is 0.436 e. The number of hydrogen-bond acceptors (Lipinski definition) is 3. The molecule has 0 amide bonds. The van der Waals surface area contributed by atoms with Crippen LogP contribution < -0.4 is 10.1 Å². The average molecular weight is 288 g/mol. The monoisotopic (exact) mass is 288 g/mol. The average Bonchev–Trinajstić information content (AvgIpc) is 2.50. The number of halogens is 1. The van der Waals surface area contributed by atoms with Crippen molar-refractivity contribution in [1.29, 1.82) is 0 Å². The van der Waals surface area contributed by atoms with Crippen molar-refractivity contribution in [1.82, 2.24) is 10.3 Å². The molecular formula is C17H21FN2O. The van der Waals surface area contributed by atoms with Crippen molar-refractivity contribution in [3.8, 4) is 11.6 Å². The van der Waals surface area contributed by atoms with Crippen LogP contribution in [0.15, 0.2) is 36.5 Å². The second-order valence-electron chi connectivity index (χ2n) is 5.09. The Morgan fingerprint density at radius 1 is 1.29 bits per heavy atom. The van der Waals surface area contributed by atoms with Gasteiger partial charge in [-0.2, -0.15) is 0 Å². The second kappa shape index (κ2) is 7.18. The number of benzene rings is 1. The van der Waals surface area contributed by atoms with E-state index in [0.29, 0.717) is 11.4 Å². The van der Waals surface area contributed by atoms with E-state index in [0.717, 1.165) is 18.5 Å². The molecule has 2 aromatic rings. The zero-order valence-corrected chi connectivity index (χ0v) is 12.7. The molecular weight excluding hydrogens is 267 g/mol. The third kappa shape index (κ3) is 4.02. The Balaban J connectivity index is 2.07. The lowest BCUT2D eigenvalue weighted by Crippen LogP contribution is -2.19. The summed E-state index contributed by atoms with van der Waals surface area (Å²) < 4.78 is 19.4. The molecule has 2 rings (SSSR count). The Morgan fingerprint density at radius 3 is 2.76 bits per heavy atom. The summed E-state index contributed by atoms with van der Waals surface area (Å²) in [5, 5.41) is 3.39. The lowest BCUT2D eigenvalue weighted by atomic mass is 10.1. The van der Waals surface area contributed by atoms with Gasteiger partial charge in [-0.3, -0.25) is 0 Å². The highest BCUT2D eigenvalue weighted by Crippen LogP contribution is 2.25. The van der Waals surface area contributed by atoms with Crippen molar-refractivity contribution in [3.63, 3.8) is 0 Å². The van der Waals surface area contributed by atoms with Crippen LogP contribution in [0.4, 0.5) is 4.39 Å². The molecule has 1 aromatic heterocycles. The van der Waals surface area contributed by atoms with E-state index < -0.39 is 0 Å². The fraction of sp³-hybridized carbons (Fsp3) is 0.353. The summed E-state index contributed by atoms with van der Waals surface area (Å²) in [4.78, 5) is 4.25. The van der Waals surface area contributed by atoms with Crippen molar-refractivity contribution in [2.45, 2.75) is 33.2 Å². The summed E-state index contributed by atoms with van der Waals surface area (Å²) in [5.41, 5.74) is 1.64. The number of ether oxygens (including phenoxy) is 1. The van der Waals surface area contributed by atoms with Gasteiger partial charge in [0.2, 0.25) is 5.88 Å². The van der Waals surface area contributed by atoms with Crippen LogP contribution in [0.5, 0.6) is 11.6 Å². The zero-order chi connectivity index (χ0) is 15.2. The number of rotatable bonds is 6. The maximum atomic E-state index is 13.9. The zero-order valence-electron chi connectivity index (χ0n) is 12.7. The standard InChI is InChI=1S/C17H21FN2O/c1-4-10-19-13(3)14-8-9-16(20-11-14)21-15-7-5-6-12(2)17(15)18/h5-9,11,13,19H,4,10H2,1-3H3. The van der Waals surface area contributed by atoms with E-state index in [1.807, 2.05) is 6.07 Å². The van der Waals surface area contributed by atoms with Crippen molar-refractivity contribution in [3.05, 3.63) is 53.5 Å². The molecule has 0 radical (unpaired) electrons. The molecule has 1 atom stereocenters. The Kier molecular flexibility index (Phi) is 5.28. The van der Waals surface area contributed by atoms with Crippen LogP contribution in [0.3, 0.4) is 0 Å². The van der Waals surface area contributed by atoms with Gasteiger partial charge in [0.15, 0.2) is 11.6 Å². The van der Waals surface area contributed by atoms with E-state index >= 15 is 0 Å². The molecule has 1 aromatic carbocycles. The highest BCUT2D eigenvalue weighted by Gasteiger charge is 2.09. The highest BCUT2D eigenvalue weighted by molar-refractivity contribution is 5.33. The lowest BCUT2D eigenvalue weighted by Gasteiger charge is -2.13. The van der Waals surface area contributed by atoms with E-state index in [-0.39, 0.29) is 17.6 Å². The molecule has 0 saturated carbocycles. The van der Waals surface area contributed by atoms with Gasteiger partial charge in [0.25, 0.3) is 0 Å². The van der Waals surface area contributed by atoms with E-state index in [1.165, 1.54) is 0 Å². The predicted molar refractivity (Wildman–Crippen MR) is 82.2 cm³/mol. The van der Waals surface area contributed by atoms with Gasteiger partial charge in [-0.05, 0) is 44.0 Å². The molecule has 4 heteroatoms. The van der Waals surface area contributed by atoms with Crippen molar-refractivity contribution >= 4 is 0 Å². The van der Waals surface area contributed by atoms with Crippen LogP contribution in [0, 0.1) is 12.7 Å². The number of nitrogens with one attached hydrogen (secondary N) is 1. The predicted octanol–water partition coefficient (Wildman–Crippen LogP) is 4.38. The fourth-order valence-corrected chi connectivity index (χ4v) is 2.00. The molecule has 0 spiro atoms. The molecule has 0 aliphatic carbocycles. The van der Waals surface area contributed by atoms with E-state index in [9.17, 15) is 4.39 Å². The first-order valence-corrected chi connectivity index (χ1v) is 7.24. The molecule has 0 bridgehead atoms. The SMILES string of the molecule is CCCNC(C)c1ccc(Oc2cccc(C)c2F)nc1. The Bertz CT molecular complexity index is 584. The maximum Gasteiger partial charge on any atom is 0.219 e. The summed E-state index contributed by atoms with van der Waals surface area (Å²) in [6, 6.07) is 9.02. The van der Waals surface area contributed by atoms with Gasteiger partial charge in [0, 0.05) is 18.3 Å². The number of hydrogen-bond donors (Lipinski definition) is 1. The molecule has 112 valence electrons. The molecule has 3 nitrogen and oxygen atoms in total. The lowest BCUT2D eigenvalue weighted by molar-refractivity contribution is 0.424. The molecule has 21 heavy (non-hydrogen) atoms. The van der Waals surface area contributed by atoms with Gasteiger partial charge in [-0.25, -0.2) is 9.37 Å². The van der Waals surface area contributed by atoms with Gasteiger partial charge >= 0.3 is 0 Å². The molecule has 0 aliphatic rings. The fourth-order valence-electron chi connectivity index (χ4n) is 2.00. The van der Waals surface area contributed by atoms with Crippen LogP contribution in [0.25, 0.3) is 0 Å². The molecule has 0 fully saturated rings. The quantitative estimate of drug-likeness (QED) is 0.856. The van der Waals surface area contributed by atoms with Crippen molar-refractivity contribution in [2.75, 3.05) is 6.54 Å². The van der Waals surface area contributed by atoms with Crippen molar-refractivity contribution < 1.29 is 9.13 Å². The van der Waals surface area contributed by atoms with Gasteiger partial charge in [-0.15, -0.1) is 0 Å². The minimum absolute atomic E-state index is 0.201. The minimum atomic E-state index is -0.346. The maximum absolute atomic E-state index is 13.9. The topological polar surface area (TPSA) is 34.1 Å². The van der Waals surface area contributed by atoms with Crippen LogP contribution in [0.2, 0.25) is 0 Å². The third-order valence-corrected chi connectivity index (χ3v) is 3.33. The molecule has 1 N–H and O–H groups in total. The summed E-state index contributed by atoms with van der Waals surface area (Å²) in [6.45, 7) is 6.90. The van der Waals surface area contributed by atoms with E-state index in [2.05, 4.69) is 24.1 Å². The Morgan fingerprint density at radius 2 is 2.10 bits per heavy atom. The second-order valence-corrected chi connectivity index (χ2v) is 5.09. The summed E-state index contributed by atoms with van der Waals surface area (Å²) in [7, 11) is 0. The Labute approximate surface area is 125 Å². The summed E-state index contributed by atoms with van der Waals surface area (Å²) >= 11 is 0. The van der Waals surface area contributed by atoms with Gasteiger partial charge in [0.1, 0.15) is 0 Å². The van der Waals surface area contributed by atoms with Crippen LogP contribution in [0.1, 0.15) is 37.4 Å². The number of nitrogens with zero attached hydrogens (tertiary/aromatic N) is 1. The van der Waals surface area contributed by atoms with Crippen molar-refractivity contribution in [2.24, 2.45) is 0 Å². The van der Waals surface area contributed by atoms with E-state index in [4.69, 9.17) is 4.74 Å². The van der Waals surface area contributed by atoms with Crippen LogP contribution in [-0.2, 0) is 0 Å².